The van der Waals surface area contributed by atoms with E-state index in [2.05, 4.69) is 53.2 Å². The van der Waals surface area contributed by atoms with Crippen LogP contribution in [0.15, 0.2) is 24.3 Å². The normalized spacial score (nSPS) is 19.1. The minimum Gasteiger partial charge on any atom is -0.444 e. The SMILES string of the molecule is Cc1cccc(N2CCN(CCC(C)NC(=O)CC3CCN(C(=O)OC(C)(C)C)CC3)CC2)c1. The van der Waals surface area contributed by atoms with E-state index in [0.29, 0.717) is 25.4 Å². The number of likely N-dealkylation sites (tertiary alicyclic amines) is 1. The summed E-state index contributed by atoms with van der Waals surface area (Å²) in [7, 11) is 0. The van der Waals surface area contributed by atoms with Gasteiger partial charge in [-0.3, -0.25) is 9.69 Å². The van der Waals surface area contributed by atoms with Gasteiger partial charge in [-0.05, 0) is 77.5 Å². The predicted octanol–water partition coefficient (Wildman–Crippen LogP) is 4.05. The number of rotatable bonds is 7. The number of aryl methyl sites for hydroxylation is 1. The zero-order chi connectivity index (χ0) is 24.7. The zero-order valence-electron chi connectivity index (χ0n) is 21.8. The van der Waals surface area contributed by atoms with Crippen LogP contribution in [-0.2, 0) is 9.53 Å². The lowest BCUT2D eigenvalue weighted by Crippen LogP contribution is -2.47. The molecule has 7 heteroatoms. The molecule has 0 saturated carbocycles. The van der Waals surface area contributed by atoms with E-state index in [9.17, 15) is 9.59 Å². The topological polar surface area (TPSA) is 65.1 Å². The molecule has 1 aromatic rings. The van der Waals surface area contributed by atoms with Crippen LogP contribution in [0.5, 0.6) is 0 Å². The molecule has 7 nitrogen and oxygen atoms in total. The molecule has 0 bridgehead atoms. The first-order valence-corrected chi connectivity index (χ1v) is 12.9. The van der Waals surface area contributed by atoms with E-state index in [-0.39, 0.29) is 18.0 Å². The number of hydrogen-bond donors (Lipinski definition) is 1. The molecule has 34 heavy (non-hydrogen) atoms. The van der Waals surface area contributed by atoms with Gasteiger partial charge in [-0.1, -0.05) is 12.1 Å². The molecule has 2 amide bonds. The molecular formula is C27H44N4O3. The van der Waals surface area contributed by atoms with E-state index >= 15 is 0 Å². The van der Waals surface area contributed by atoms with Gasteiger partial charge in [-0.25, -0.2) is 4.79 Å². The highest BCUT2D eigenvalue weighted by Gasteiger charge is 2.28. The Labute approximate surface area is 205 Å². The Hall–Kier alpha value is -2.28. The highest BCUT2D eigenvalue weighted by atomic mass is 16.6. The third kappa shape index (κ3) is 8.49. The number of benzene rings is 1. The highest BCUT2D eigenvalue weighted by molar-refractivity contribution is 5.76. The molecule has 190 valence electrons. The quantitative estimate of drug-likeness (QED) is 0.649. The number of nitrogens with one attached hydrogen (secondary N) is 1. The number of hydrogen-bond acceptors (Lipinski definition) is 5. The molecule has 1 aromatic carbocycles. The minimum atomic E-state index is -0.474. The van der Waals surface area contributed by atoms with Crippen molar-refractivity contribution >= 4 is 17.7 Å². The van der Waals surface area contributed by atoms with E-state index in [1.54, 1.807) is 4.90 Å². The third-order valence-corrected chi connectivity index (χ3v) is 6.77. The number of carbonyl (C=O) groups is 2. The molecule has 2 aliphatic rings. The molecule has 0 aromatic heterocycles. The fraction of sp³-hybridized carbons (Fsp3) is 0.704. The van der Waals surface area contributed by atoms with Gasteiger partial charge in [-0.15, -0.1) is 0 Å². The number of carbonyl (C=O) groups excluding carboxylic acids is 2. The number of ether oxygens (including phenoxy) is 1. The zero-order valence-corrected chi connectivity index (χ0v) is 21.8. The smallest absolute Gasteiger partial charge is 0.410 e. The molecule has 1 atom stereocenters. The molecule has 2 saturated heterocycles. The van der Waals surface area contributed by atoms with Crippen LogP contribution < -0.4 is 10.2 Å². The summed E-state index contributed by atoms with van der Waals surface area (Å²) in [6.07, 6.45) is 2.97. The van der Waals surface area contributed by atoms with Gasteiger partial charge >= 0.3 is 6.09 Å². The fourth-order valence-electron chi connectivity index (χ4n) is 4.74. The Morgan fingerprint density at radius 1 is 1.09 bits per heavy atom. The summed E-state index contributed by atoms with van der Waals surface area (Å²) in [6, 6.07) is 8.90. The van der Waals surface area contributed by atoms with Gasteiger partial charge in [0.25, 0.3) is 0 Å². The summed E-state index contributed by atoms with van der Waals surface area (Å²) < 4.78 is 5.46. The summed E-state index contributed by atoms with van der Waals surface area (Å²) >= 11 is 0. The van der Waals surface area contributed by atoms with Gasteiger partial charge < -0.3 is 19.9 Å². The van der Waals surface area contributed by atoms with Crippen LogP contribution in [0.4, 0.5) is 10.5 Å². The van der Waals surface area contributed by atoms with E-state index in [1.807, 2.05) is 20.8 Å². The van der Waals surface area contributed by atoms with Gasteiger partial charge in [0.15, 0.2) is 0 Å². The maximum Gasteiger partial charge on any atom is 0.410 e. The lowest BCUT2D eigenvalue weighted by molar-refractivity contribution is -0.123. The Morgan fingerprint density at radius 3 is 2.38 bits per heavy atom. The second-order valence-corrected chi connectivity index (χ2v) is 11.0. The van der Waals surface area contributed by atoms with E-state index in [1.165, 1.54) is 11.3 Å². The lowest BCUT2D eigenvalue weighted by Gasteiger charge is -2.36. The largest absolute Gasteiger partial charge is 0.444 e. The summed E-state index contributed by atoms with van der Waals surface area (Å²) in [5.74, 6) is 0.466. The van der Waals surface area contributed by atoms with Crippen LogP contribution in [0.2, 0.25) is 0 Å². The Bertz CT molecular complexity index is 806. The first kappa shape index (κ1) is 26.3. The predicted molar refractivity (Wildman–Crippen MR) is 137 cm³/mol. The number of amides is 2. The van der Waals surface area contributed by atoms with Crippen molar-refractivity contribution in [3.05, 3.63) is 29.8 Å². The van der Waals surface area contributed by atoms with Crippen molar-refractivity contribution < 1.29 is 14.3 Å². The maximum atomic E-state index is 12.6. The standard InChI is InChI=1S/C27H44N4O3/c1-21-7-6-8-24(19-21)30-17-15-29(16-18-30)12-9-22(2)28-25(32)20-23-10-13-31(14-11-23)26(33)34-27(3,4)5/h6-8,19,22-23H,9-18,20H2,1-5H3,(H,28,32). The van der Waals surface area contributed by atoms with Gasteiger partial charge in [-0.2, -0.15) is 0 Å². The molecule has 2 heterocycles. The summed E-state index contributed by atoms with van der Waals surface area (Å²) in [5.41, 5.74) is 2.15. The Morgan fingerprint density at radius 2 is 1.76 bits per heavy atom. The maximum absolute atomic E-state index is 12.6. The number of piperazine rings is 1. The van der Waals surface area contributed by atoms with Gasteiger partial charge in [0.05, 0.1) is 0 Å². The molecule has 0 spiro atoms. The van der Waals surface area contributed by atoms with Crippen LogP contribution in [0.1, 0.15) is 58.9 Å². The Kier molecular flexibility index (Phi) is 9.23. The second-order valence-electron chi connectivity index (χ2n) is 11.0. The molecular weight excluding hydrogens is 428 g/mol. The molecule has 3 rings (SSSR count). The number of anilines is 1. The van der Waals surface area contributed by atoms with Crippen LogP contribution in [0.3, 0.4) is 0 Å². The Balaban J connectivity index is 1.30. The molecule has 2 aliphatic heterocycles. The average molecular weight is 473 g/mol. The van der Waals surface area contributed by atoms with Crippen LogP contribution in [0, 0.1) is 12.8 Å². The average Bonchev–Trinajstić information content (AvgIpc) is 2.77. The molecule has 1 unspecified atom stereocenters. The number of piperidine rings is 1. The van der Waals surface area contributed by atoms with Crippen molar-refractivity contribution in [2.45, 2.75) is 71.9 Å². The van der Waals surface area contributed by atoms with Crippen molar-refractivity contribution in [3.63, 3.8) is 0 Å². The van der Waals surface area contributed by atoms with Crippen LogP contribution in [-0.4, -0.2) is 79.3 Å². The highest BCUT2D eigenvalue weighted by Crippen LogP contribution is 2.22. The summed E-state index contributed by atoms with van der Waals surface area (Å²) in [5, 5.41) is 3.19. The molecule has 0 aliphatic carbocycles. The van der Waals surface area contributed by atoms with Crippen molar-refractivity contribution in [3.8, 4) is 0 Å². The van der Waals surface area contributed by atoms with Crippen molar-refractivity contribution in [1.29, 1.82) is 0 Å². The van der Waals surface area contributed by atoms with Crippen molar-refractivity contribution in [1.82, 2.24) is 15.1 Å². The fourth-order valence-corrected chi connectivity index (χ4v) is 4.74. The summed E-state index contributed by atoms with van der Waals surface area (Å²) in [4.78, 5) is 31.5. The summed E-state index contributed by atoms with van der Waals surface area (Å²) in [6.45, 7) is 16.4. The van der Waals surface area contributed by atoms with E-state index < -0.39 is 5.60 Å². The van der Waals surface area contributed by atoms with Gasteiger partial charge in [0, 0.05) is 64.0 Å². The monoisotopic (exact) mass is 472 g/mol. The van der Waals surface area contributed by atoms with Gasteiger partial charge in [0.1, 0.15) is 5.60 Å². The van der Waals surface area contributed by atoms with Crippen molar-refractivity contribution in [2.75, 3.05) is 50.7 Å². The second kappa shape index (κ2) is 11.9. The minimum absolute atomic E-state index is 0.132. The first-order chi connectivity index (χ1) is 16.1. The molecule has 0 radical (unpaired) electrons. The first-order valence-electron chi connectivity index (χ1n) is 12.9. The lowest BCUT2D eigenvalue weighted by atomic mass is 9.93. The molecule has 2 fully saturated rings. The van der Waals surface area contributed by atoms with Crippen LogP contribution >= 0.6 is 0 Å². The number of nitrogens with zero attached hydrogens (tertiary/aromatic N) is 3. The van der Waals surface area contributed by atoms with Gasteiger partial charge in [0.2, 0.25) is 5.91 Å². The van der Waals surface area contributed by atoms with E-state index in [4.69, 9.17) is 4.74 Å². The van der Waals surface area contributed by atoms with Crippen molar-refractivity contribution in [2.24, 2.45) is 5.92 Å². The van der Waals surface area contributed by atoms with Crippen LogP contribution in [0.25, 0.3) is 0 Å². The third-order valence-electron chi connectivity index (χ3n) is 6.77. The van der Waals surface area contributed by atoms with E-state index in [0.717, 1.165) is 52.0 Å². The molecule has 1 N–H and O–H groups in total.